The van der Waals surface area contributed by atoms with E-state index in [0.717, 1.165) is 6.42 Å². The molecule has 1 saturated heterocycles. The van der Waals surface area contributed by atoms with Crippen LogP contribution in [0.4, 0.5) is 0 Å². The fraction of sp³-hybridized carbons (Fsp3) is 0.727. The van der Waals surface area contributed by atoms with Crippen LogP contribution >= 0.6 is 0 Å². The summed E-state index contributed by atoms with van der Waals surface area (Å²) in [5.41, 5.74) is -1.26. The minimum atomic E-state index is -1.26. The molecule has 1 heterocycles. The Kier molecular flexibility index (Phi) is 3.04. The van der Waals surface area contributed by atoms with E-state index in [9.17, 15) is 19.5 Å². The van der Waals surface area contributed by atoms with Crippen LogP contribution in [0, 0.1) is 5.41 Å². The highest BCUT2D eigenvalue weighted by Gasteiger charge is 2.53. The molecule has 2 fully saturated rings. The Balaban J connectivity index is 2.12. The van der Waals surface area contributed by atoms with Crippen molar-refractivity contribution in [2.24, 2.45) is 5.41 Å². The van der Waals surface area contributed by atoms with Gasteiger partial charge in [0, 0.05) is 13.1 Å². The molecule has 2 aliphatic rings. The molecule has 0 bridgehead atoms. The van der Waals surface area contributed by atoms with Gasteiger partial charge in [-0.15, -0.1) is 0 Å². The normalized spacial score (nSPS) is 23.3. The number of carbonyl (C=O) groups excluding carboxylic acids is 2. The van der Waals surface area contributed by atoms with E-state index < -0.39 is 17.3 Å². The third-order valence-corrected chi connectivity index (χ3v) is 3.57. The molecular weight excluding hydrogens is 224 g/mol. The average Bonchev–Trinajstić information content (AvgIpc) is 2.40. The van der Waals surface area contributed by atoms with E-state index in [1.54, 1.807) is 0 Å². The average molecular weight is 240 g/mol. The first-order chi connectivity index (χ1) is 8.06. The summed E-state index contributed by atoms with van der Waals surface area (Å²) in [6, 6.07) is 0. The van der Waals surface area contributed by atoms with Gasteiger partial charge in [0.15, 0.2) is 0 Å². The number of nitrogens with one attached hydrogen (secondary N) is 1. The zero-order valence-electron chi connectivity index (χ0n) is 9.57. The molecule has 2 rings (SSSR count). The van der Waals surface area contributed by atoms with Gasteiger partial charge in [-0.2, -0.15) is 0 Å². The van der Waals surface area contributed by atoms with Crippen LogP contribution in [0.5, 0.6) is 0 Å². The van der Waals surface area contributed by atoms with Gasteiger partial charge in [0.25, 0.3) is 0 Å². The van der Waals surface area contributed by atoms with Gasteiger partial charge in [-0.1, -0.05) is 6.42 Å². The number of carboxylic acids is 1. The van der Waals surface area contributed by atoms with Crippen molar-refractivity contribution in [2.45, 2.75) is 25.7 Å². The van der Waals surface area contributed by atoms with E-state index in [1.807, 2.05) is 0 Å². The minimum Gasteiger partial charge on any atom is -0.480 e. The molecule has 0 spiro atoms. The lowest BCUT2D eigenvalue weighted by atomic mass is 9.67. The number of amides is 2. The largest absolute Gasteiger partial charge is 0.480 e. The van der Waals surface area contributed by atoms with E-state index in [1.165, 1.54) is 4.90 Å². The molecule has 2 N–H and O–H groups in total. The number of carbonyl (C=O) groups is 3. The zero-order chi connectivity index (χ0) is 12.5. The summed E-state index contributed by atoms with van der Waals surface area (Å²) in [5, 5.41) is 11.8. The lowest BCUT2D eigenvalue weighted by Crippen LogP contribution is -2.53. The summed E-state index contributed by atoms with van der Waals surface area (Å²) in [6.45, 7) is 0.975. The summed E-state index contributed by atoms with van der Waals surface area (Å²) in [4.78, 5) is 36.1. The lowest BCUT2D eigenvalue weighted by Gasteiger charge is -2.39. The van der Waals surface area contributed by atoms with Gasteiger partial charge in [-0.25, -0.2) is 0 Å². The van der Waals surface area contributed by atoms with Crippen molar-refractivity contribution in [1.29, 1.82) is 0 Å². The van der Waals surface area contributed by atoms with Crippen LogP contribution in [0.2, 0.25) is 0 Å². The molecule has 2 amide bonds. The van der Waals surface area contributed by atoms with E-state index in [0.29, 0.717) is 32.4 Å². The molecular formula is C11H16N2O4. The van der Waals surface area contributed by atoms with Crippen LogP contribution in [-0.4, -0.2) is 47.4 Å². The van der Waals surface area contributed by atoms with Gasteiger partial charge in [0.2, 0.25) is 11.8 Å². The van der Waals surface area contributed by atoms with Gasteiger partial charge >= 0.3 is 5.97 Å². The predicted octanol–water partition coefficient (Wildman–Crippen LogP) is -0.410. The van der Waals surface area contributed by atoms with Crippen LogP contribution in [-0.2, 0) is 14.4 Å². The lowest BCUT2D eigenvalue weighted by molar-refractivity contribution is -0.168. The van der Waals surface area contributed by atoms with E-state index in [-0.39, 0.29) is 12.5 Å². The number of aliphatic carboxylic acids is 1. The summed E-state index contributed by atoms with van der Waals surface area (Å²) >= 11 is 0. The zero-order valence-corrected chi connectivity index (χ0v) is 9.57. The minimum absolute atomic E-state index is 0.0200. The smallest absolute Gasteiger partial charge is 0.319 e. The Morgan fingerprint density at radius 1 is 1.29 bits per heavy atom. The number of rotatable bonds is 2. The van der Waals surface area contributed by atoms with Crippen molar-refractivity contribution in [3.8, 4) is 0 Å². The number of nitrogens with zero attached hydrogens (tertiary/aromatic N) is 1. The maximum Gasteiger partial charge on any atom is 0.319 e. The second-order valence-corrected chi connectivity index (χ2v) is 4.67. The molecule has 0 radical (unpaired) electrons. The molecule has 0 aromatic heterocycles. The number of carboxylic acid groups (broad SMARTS) is 1. The second kappa shape index (κ2) is 4.35. The molecule has 0 unspecified atom stereocenters. The summed E-state index contributed by atoms with van der Waals surface area (Å²) in [5.74, 6) is -1.66. The maximum atomic E-state index is 12.2. The van der Waals surface area contributed by atoms with Crippen LogP contribution in [0.3, 0.4) is 0 Å². The standard InChI is InChI=1S/C11H16N2O4/c14-8-7-13(6-2-5-12-8)9(15)11(10(16)17)3-1-4-11/h1-7H2,(H,12,14)(H,16,17). The molecule has 94 valence electrons. The third-order valence-electron chi connectivity index (χ3n) is 3.57. The van der Waals surface area contributed by atoms with Gasteiger partial charge in [-0.05, 0) is 19.3 Å². The Hall–Kier alpha value is -1.59. The van der Waals surface area contributed by atoms with Crippen molar-refractivity contribution in [3.05, 3.63) is 0 Å². The first-order valence-corrected chi connectivity index (χ1v) is 5.86. The summed E-state index contributed by atoms with van der Waals surface area (Å²) < 4.78 is 0. The first-order valence-electron chi connectivity index (χ1n) is 5.86. The Morgan fingerprint density at radius 2 is 2.00 bits per heavy atom. The van der Waals surface area contributed by atoms with Crippen molar-refractivity contribution in [1.82, 2.24) is 10.2 Å². The molecule has 1 aliphatic heterocycles. The second-order valence-electron chi connectivity index (χ2n) is 4.67. The molecule has 0 aromatic rings. The van der Waals surface area contributed by atoms with Crippen molar-refractivity contribution < 1.29 is 19.5 Å². The quantitative estimate of drug-likeness (QED) is 0.642. The summed E-state index contributed by atoms with van der Waals surface area (Å²) in [6.07, 6.45) is 2.21. The van der Waals surface area contributed by atoms with Crippen LogP contribution < -0.4 is 5.32 Å². The van der Waals surface area contributed by atoms with Crippen molar-refractivity contribution in [2.75, 3.05) is 19.6 Å². The topological polar surface area (TPSA) is 86.7 Å². The first kappa shape index (κ1) is 11.9. The maximum absolute atomic E-state index is 12.2. The molecule has 1 aliphatic carbocycles. The van der Waals surface area contributed by atoms with E-state index in [4.69, 9.17) is 0 Å². The predicted molar refractivity (Wildman–Crippen MR) is 58.1 cm³/mol. The summed E-state index contributed by atoms with van der Waals surface area (Å²) in [7, 11) is 0. The van der Waals surface area contributed by atoms with Gasteiger partial charge in [-0.3, -0.25) is 14.4 Å². The fourth-order valence-electron chi connectivity index (χ4n) is 2.33. The van der Waals surface area contributed by atoms with Crippen molar-refractivity contribution in [3.63, 3.8) is 0 Å². The third kappa shape index (κ3) is 1.99. The number of hydrogen-bond donors (Lipinski definition) is 2. The molecule has 0 aromatic carbocycles. The number of hydrogen-bond acceptors (Lipinski definition) is 3. The van der Waals surface area contributed by atoms with Crippen LogP contribution in [0.15, 0.2) is 0 Å². The SMILES string of the molecule is O=C1CN(C(=O)C2(C(=O)O)CCC2)CCCN1. The van der Waals surface area contributed by atoms with Crippen molar-refractivity contribution >= 4 is 17.8 Å². The molecule has 1 saturated carbocycles. The van der Waals surface area contributed by atoms with Gasteiger partial charge in [0.1, 0.15) is 5.41 Å². The van der Waals surface area contributed by atoms with Crippen LogP contribution in [0.25, 0.3) is 0 Å². The van der Waals surface area contributed by atoms with Gasteiger partial charge in [0.05, 0.1) is 6.54 Å². The Morgan fingerprint density at radius 3 is 2.53 bits per heavy atom. The molecule has 0 atom stereocenters. The highest BCUT2D eigenvalue weighted by molar-refractivity contribution is 6.03. The van der Waals surface area contributed by atoms with E-state index >= 15 is 0 Å². The fourth-order valence-corrected chi connectivity index (χ4v) is 2.33. The Labute approximate surface area is 99.0 Å². The molecule has 17 heavy (non-hydrogen) atoms. The Bertz CT molecular complexity index is 362. The molecule has 6 nitrogen and oxygen atoms in total. The van der Waals surface area contributed by atoms with E-state index in [2.05, 4.69) is 5.32 Å². The highest BCUT2D eigenvalue weighted by Crippen LogP contribution is 2.42. The molecule has 6 heteroatoms. The van der Waals surface area contributed by atoms with Crippen LogP contribution in [0.1, 0.15) is 25.7 Å². The monoisotopic (exact) mass is 240 g/mol. The highest BCUT2D eigenvalue weighted by atomic mass is 16.4. The van der Waals surface area contributed by atoms with Gasteiger partial charge < -0.3 is 15.3 Å².